The SMILES string of the molecule is CNC(Cc1ccc(F)c(F)c1)CC1CCCC1. The van der Waals surface area contributed by atoms with Gasteiger partial charge in [-0.25, -0.2) is 8.78 Å². The fourth-order valence-electron chi connectivity index (χ4n) is 2.90. The Balaban J connectivity index is 1.94. The number of hydrogen-bond acceptors (Lipinski definition) is 1. The molecule has 0 saturated heterocycles. The fourth-order valence-corrected chi connectivity index (χ4v) is 2.90. The van der Waals surface area contributed by atoms with Gasteiger partial charge < -0.3 is 5.32 Å². The fraction of sp³-hybridized carbons (Fsp3) is 0.600. The zero-order chi connectivity index (χ0) is 13.0. The van der Waals surface area contributed by atoms with Gasteiger partial charge >= 0.3 is 0 Å². The second-order valence-electron chi connectivity index (χ2n) is 5.32. The number of halogens is 2. The molecule has 0 radical (unpaired) electrons. The quantitative estimate of drug-likeness (QED) is 0.844. The van der Waals surface area contributed by atoms with Crippen molar-refractivity contribution in [3.63, 3.8) is 0 Å². The highest BCUT2D eigenvalue weighted by molar-refractivity contribution is 5.18. The van der Waals surface area contributed by atoms with Crippen LogP contribution in [0.1, 0.15) is 37.7 Å². The second-order valence-corrected chi connectivity index (χ2v) is 5.32. The van der Waals surface area contributed by atoms with E-state index in [0.29, 0.717) is 6.04 Å². The molecule has 1 atom stereocenters. The van der Waals surface area contributed by atoms with Crippen molar-refractivity contribution in [1.82, 2.24) is 5.32 Å². The van der Waals surface area contributed by atoms with Crippen molar-refractivity contribution in [2.24, 2.45) is 5.92 Å². The van der Waals surface area contributed by atoms with E-state index in [1.165, 1.54) is 37.8 Å². The maximum absolute atomic E-state index is 13.1. The Bertz CT molecular complexity index is 386. The van der Waals surface area contributed by atoms with Crippen LogP contribution in [0.15, 0.2) is 18.2 Å². The van der Waals surface area contributed by atoms with Crippen molar-refractivity contribution < 1.29 is 8.78 Å². The van der Waals surface area contributed by atoms with E-state index in [1.54, 1.807) is 6.07 Å². The van der Waals surface area contributed by atoms with Gasteiger partial charge in [-0.15, -0.1) is 0 Å². The third kappa shape index (κ3) is 3.52. The molecule has 0 aromatic heterocycles. The number of hydrogen-bond donors (Lipinski definition) is 1. The van der Waals surface area contributed by atoms with E-state index >= 15 is 0 Å². The van der Waals surface area contributed by atoms with E-state index in [4.69, 9.17) is 0 Å². The highest BCUT2D eigenvalue weighted by Crippen LogP contribution is 2.29. The lowest BCUT2D eigenvalue weighted by Gasteiger charge is -2.20. The molecule has 18 heavy (non-hydrogen) atoms. The summed E-state index contributed by atoms with van der Waals surface area (Å²) in [5, 5.41) is 3.30. The van der Waals surface area contributed by atoms with Crippen molar-refractivity contribution >= 4 is 0 Å². The molecule has 1 fully saturated rings. The molecule has 0 aliphatic heterocycles. The summed E-state index contributed by atoms with van der Waals surface area (Å²) >= 11 is 0. The van der Waals surface area contributed by atoms with E-state index in [2.05, 4.69) is 5.32 Å². The highest BCUT2D eigenvalue weighted by atomic mass is 19.2. The molecule has 0 amide bonds. The Morgan fingerprint density at radius 2 is 1.94 bits per heavy atom. The second kappa shape index (κ2) is 6.28. The first-order chi connectivity index (χ1) is 8.69. The molecule has 1 aliphatic rings. The normalized spacial score (nSPS) is 18.2. The Morgan fingerprint density at radius 3 is 2.56 bits per heavy atom. The Morgan fingerprint density at radius 1 is 1.22 bits per heavy atom. The summed E-state index contributed by atoms with van der Waals surface area (Å²) in [6, 6.07) is 4.57. The lowest BCUT2D eigenvalue weighted by molar-refractivity contribution is 0.402. The molecule has 1 aliphatic carbocycles. The summed E-state index contributed by atoms with van der Waals surface area (Å²) in [5.74, 6) is -0.716. The standard InChI is InChI=1S/C15H21F2N/c1-18-13(8-11-4-2-3-5-11)9-12-6-7-14(16)15(17)10-12/h6-7,10-11,13,18H,2-5,8-9H2,1H3. The van der Waals surface area contributed by atoms with Gasteiger partial charge in [-0.2, -0.15) is 0 Å². The molecule has 1 saturated carbocycles. The maximum Gasteiger partial charge on any atom is 0.159 e. The zero-order valence-corrected chi connectivity index (χ0v) is 10.9. The summed E-state index contributed by atoms with van der Waals surface area (Å²) in [7, 11) is 1.94. The summed E-state index contributed by atoms with van der Waals surface area (Å²) < 4.78 is 26.0. The average Bonchev–Trinajstić information content (AvgIpc) is 2.86. The van der Waals surface area contributed by atoms with Crippen LogP contribution in [0.5, 0.6) is 0 Å². The van der Waals surface area contributed by atoms with Gasteiger partial charge in [0.2, 0.25) is 0 Å². The minimum Gasteiger partial charge on any atom is -0.317 e. The molecule has 3 heteroatoms. The molecular formula is C15H21F2N. The molecule has 0 spiro atoms. The molecule has 100 valence electrons. The van der Waals surface area contributed by atoms with Gasteiger partial charge in [0, 0.05) is 6.04 Å². The Labute approximate surface area is 108 Å². The minimum absolute atomic E-state index is 0.359. The molecule has 1 aromatic rings. The van der Waals surface area contributed by atoms with Crippen LogP contribution in [0.3, 0.4) is 0 Å². The molecule has 1 N–H and O–H groups in total. The van der Waals surface area contributed by atoms with Crippen molar-refractivity contribution in [1.29, 1.82) is 0 Å². The van der Waals surface area contributed by atoms with Gasteiger partial charge in [0.25, 0.3) is 0 Å². The highest BCUT2D eigenvalue weighted by Gasteiger charge is 2.19. The van der Waals surface area contributed by atoms with E-state index < -0.39 is 11.6 Å². The Hall–Kier alpha value is -0.960. The lowest BCUT2D eigenvalue weighted by Crippen LogP contribution is -2.29. The van der Waals surface area contributed by atoms with Gasteiger partial charge in [-0.1, -0.05) is 31.7 Å². The lowest BCUT2D eigenvalue weighted by atomic mass is 9.94. The van der Waals surface area contributed by atoms with Gasteiger partial charge in [0.05, 0.1) is 0 Å². The van der Waals surface area contributed by atoms with Crippen LogP contribution in [-0.2, 0) is 6.42 Å². The molecular weight excluding hydrogens is 232 g/mol. The molecule has 0 heterocycles. The molecule has 1 aromatic carbocycles. The third-order valence-corrected chi connectivity index (χ3v) is 3.97. The van der Waals surface area contributed by atoms with Crippen LogP contribution in [0.2, 0.25) is 0 Å². The first-order valence-corrected chi connectivity index (χ1v) is 6.80. The van der Waals surface area contributed by atoms with E-state index in [0.717, 1.165) is 24.3 Å². The predicted octanol–water partition coefficient (Wildman–Crippen LogP) is 3.68. The van der Waals surface area contributed by atoms with E-state index in [9.17, 15) is 8.78 Å². The first-order valence-electron chi connectivity index (χ1n) is 6.80. The smallest absolute Gasteiger partial charge is 0.159 e. The van der Waals surface area contributed by atoms with Crippen LogP contribution in [0.4, 0.5) is 8.78 Å². The number of rotatable bonds is 5. The van der Waals surface area contributed by atoms with Crippen molar-refractivity contribution in [2.45, 2.75) is 44.6 Å². The van der Waals surface area contributed by atoms with E-state index in [1.807, 2.05) is 7.05 Å². The summed E-state index contributed by atoms with van der Waals surface area (Å²) in [5.41, 5.74) is 0.867. The summed E-state index contributed by atoms with van der Waals surface area (Å²) in [6.07, 6.45) is 7.21. The molecule has 1 nitrogen and oxygen atoms in total. The van der Waals surface area contributed by atoms with Crippen LogP contribution < -0.4 is 5.32 Å². The number of benzene rings is 1. The van der Waals surface area contributed by atoms with Crippen LogP contribution in [-0.4, -0.2) is 13.1 Å². The largest absolute Gasteiger partial charge is 0.317 e. The van der Waals surface area contributed by atoms with Crippen LogP contribution >= 0.6 is 0 Å². The number of likely N-dealkylation sites (N-methyl/N-ethyl adjacent to an activating group) is 1. The third-order valence-electron chi connectivity index (χ3n) is 3.97. The van der Waals surface area contributed by atoms with Crippen LogP contribution in [0, 0.1) is 17.6 Å². The van der Waals surface area contributed by atoms with Crippen molar-refractivity contribution in [3.8, 4) is 0 Å². The zero-order valence-electron chi connectivity index (χ0n) is 10.9. The molecule has 2 rings (SSSR count). The van der Waals surface area contributed by atoms with Crippen molar-refractivity contribution in [3.05, 3.63) is 35.4 Å². The average molecular weight is 253 g/mol. The molecule has 0 bridgehead atoms. The van der Waals surface area contributed by atoms with Gasteiger partial charge in [0.15, 0.2) is 11.6 Å². The summed E-state index contributed by atoms with van der Waals surface area (Å²) in [4.78, 5) is 0. The number of nitrogens with one attached hydrogen (secondary N) is 1. The molecule has 1 unspecified atom stereocenters. The monoisotopic (exact) mass is 253 g/mol. The predicted molar refractivity (Wildman–Crippen MR) is 69.5 cm³/mol. The topological polar surface area (TPSA) is 12.0 Å². The van der Waals surface area contributed by atoms with Crippen molar-refractivity contribution in [2.75, 3.05) is 7.05 Å². The Kier molecular flexibility index (Phi) is 4.70. The maximum atomic E-state index is 13.1. The van der Waals surface area contributed by atoms with E-state index in [-0.39, 0.29) is 0 Å². The first kappa shape index (κ1) is 13.5. The van der Waals surface area contributed by atoms with Crippen LogP contribution in [0.25, 0.3) is 0 Å². The summed E-state index contributed by atoms with van der Waals surface area (Å²) in [6.45, 7) is 0. The minimum atomic E-state index is -0.768. The van der Waals surface area contributed by atoms with Gasteiger partial charge in [0.1, 0.15) is 0 Å². The van der Waals surface area contributed by atoms with Gasteiger partial charge in [-0.3, -0.25) is 0 Å². The van der Waals surface area contributed by atoms with Gasteiger partial charge in [-0.05, 0) is 43.5 Å².